The van der Waals surface area contributed by atoms with Crippen LogP contribution in [0.2, 0.25) is 0 Å². The second-order valence-corrected chi connectivity index (χ2v) is 5.19. The molecule has 0 unspecified atom stereocenters. The summed E-state index contributed by atoms with van der Waals surface area (Å²) in [5, 5.41) is 8.82. The van der Waals surface area contributed by atoms with Crippen LogP contribution in [0.3, 0.4) is 0 Å². The van der Waals surface area contributed by atoms with Gasteiger partial charge in [-0.2, -0.15) is 5.10 Å². The van der Waals surface area contributed by atoms with E-state index in [1.807, 2.05) is 0 Å². The number of anilines is 1. The van der Waals surface area contributed by atoms with Gasteiger partial charge in [0.2, 0.25) is 5.91 Å². The molecule has 2 heterocycles. The summed E-state index contributed by atoms with van der Waals surface area (Å²) in [5.74, 6) is -0.625. The van der Waals surface area contributed by atoms with E-state index < -0.39 is 0 Å². The number of aryl methyl sites for hydroxylation is 1. The van der Waals surface area contributed by atoms with E-state index in [1.54, 1.807) is 42.4 Å². The fourth-order valence-corrected chi connectivity index (χ4v) is 2.37. The van der Waals surface area contributed by atoms with E-state index in [9.17, 15) is 9.59 Å². The first-order valence-electron chi connectivity index (χ1n) is 6.65. The molecule has 22 heavy (non-hydrogen) atoms. The zero-order valence-electron chi connectivity index (χ0n) is 12.3. The average Bonchev–Trinajstić information content (AvgIpc) is 3.06. The third-order valence-electron chi connectivity index (χ3n) is 2.68. The zero-order valence-corrected chi connectivity index (χ0v) is 13.1. The standard InChI is InChI=1S/C14H16N4O3S/c1-3-21-13(20)8-10-9-22-14(16-10)17-12(19)5-4-11-6-7-15-18(11)2/h4-7,9H,3,8H2,1-2H3,(H,16,17,19). The molecule has 2 rings (SSSR count). The van der Waals surface area contributed by atoms with Crippen molar-refractivity contribution in [1.82, 2.24) is 14.8 Å². The number of hydrogen-bond donors (Lipinski definition) is 1. The Labute approximate surface area is 131 Å². The Morgan fingerprint density at radius 1 is 1.50 bits per heavy atom. The minimum atomic E-state index is -0.332. The maximum atomic E-state index is 11.8. The SMILES string of the molecule is CCOC(=O)Cc1csc(NC(=O)C=Cc2ccnn2C)n1. The van der Waals surface area contributed by atoms with Gasteiger partial charge in [0.15, 0.2) is 5.13 Å². The molecule has 0 spiro atoms. The van der Waals surface area contributed by atoms with Crippen molar-refractivity contribution in [3.8, 4) is 0 Å². The molecule has 0 aromatic carbocycles. The molecule has 7 nitrogen and oxygen atoms in total. The van der Waals surface area contributed by atoms with Crippen LogP contribution in [0.1, 0.15) is 18.3 Å². The Morgan fingerprint density at radius 2 is 2.32 bits per heavy atom. The lowest BCUT2D eigenvalue weighted by atomic mass is 10.3. The number of rotatable bonds is 6. The number of nitrogens with zero attached hydrogens (tertiary/aromatic N) is 3. The van der Waals surface area contributed by atoms with E-state index in [-0.39, 0.29) is 18.3 Å². The molecule has 0 bridgehead atoms. The van der Waals surface area contributed by atoms with Crippen molar-refractivity contribution >= 4 is 34.4 Å². The number of carbonyl (C=O) groups is 2. The predicted octanol–water partition coefficient (Wildman–Crippen LogP) is 1.63. The van der Waals surface area contributed by atoms with Crippen LogP contribution in [-0.2, 0) is 27.8 Å². The van der Waals surface area contributed by atoms with Gasteiger partial charge >= 0.3 is 5.97 Å². The van der Waals surface area contributed by atoms with Gasteiger partial charge in [0, 0.05) is 24.7 Å². The third-order valence-corrected chi connectivity index (χ3v) is 3.48. The van der Waals surface area contributed by atoms with Crippen LogP contribution in [0, 0.1) is 0 Å². The lowest BCUT2D eigenvalue weighted by Crippen LogP contribution is -2.09. The van der Waals surface area contributed by atoms with Gasteiger partial charge in [-0.15, -0.1) is 11.3 Å². The van der Waals surface area contributed by atoms with Crippen molar-refractivity contribution in [2.24, 2.45) is 7.05 Å². The van der Waals surface area contributed by atoms with E-state index in [4.69, 9.17) is 4.74 Å². The van der Waals surface area contributed by atoms with Gasteiger partial charge in [-0.05, 0) is 19.1 Å². The number of nitrogens with one attached hydrogen (secondary N) is 1. The molecule has 0 aliphatic heterocycles. The van der Waals surface area contributed by atoms with Gasteiger partial charge in [-0.3, -0.25) is 19.6 Å². The molecule has 0 fully saturated rings. The first kappa shape index (κ1) is 15.9. The van der Waals surface area contributed by atoms with Crippen LogP contribution in [0.15, 0.2) is 23.7 Å². The molecule has 1 amide bonds. The molecule has 0 saturated carbocycles. The minimum Gasteiger partial charge on any atom is -0.466 e. The summed E-state index contributed by atoms with van der Waals surface area (Å²) in [4.78, 5) is 27.3. The summed E-state index contributed by atoms with van der Waals surface area (Å²) in [7, 11) is 1.79. The molecule has 2 aromatic rings. The van der Waals surface area contributed by atoms with Gasteiger partial charge in [0.1, 0.15) is 0 Å². The van der Waals surface area contributed by atoms with E-state index in [0.29, 0.717) is 17.4 Å². The van der Waals surface area contributed by atoms with Crippen LogP contribution < -0.4 is 5.32 Å². The number of ether oxygens (including phenoxy) is 1. The largest absolute Gasteiger partial charge is 0.466 e. The van der Waals surface area contributed by atoms with Gasteiger partial charge in [0.25, 0.3) is 0 Å². The molecule has 0 aliphatic carbocycles. The molecule has 0 saturated heterocycles. The molecule has 0 atom stereocenters. The van der Waals surface area contributed by atoms with Crippen LogP contribution in [-0.4, -0.2) is 33.2 Å². The second kappa shape index (κ2) is 7.51. The highest BCUT2D eigenvalue weighted by Gasteiger charge is 2.09. The topological polar surface area (TPSA) is 86.1 Å². The normalized spacial score (nSPS) is 10.8. The summed E-state index contributed by atoms with van der Waals surface area (Å²) in [6.07, 6.45) is 4.82. The second-order valence-electron chi connectivity index (χ2n) is 4.33. The number of hydrogen-bond acceptors (Lipinski definition) is 6. The molecular weight excluding hydrogens is 304 g/mol. The Hall–Kier alpha value is -2.48. The van der Waals surface area contributed by atoms with Crippen molar-refractivity contribution < 1.29 is 14.3 Å². The van der Waals surface area contributed by atoms with Gasteiger partial charge in [0.05, 0.1) is 24.4 Å². The Balaban J connectivity index is 1.89. The first-order chi connectivity index (χ1) is 10.6. The minimum absolute atomic E-state index is 0.102. The fourth-order valence-electron chi connectivity index (χ4n) is 1.66. The highest BCUT2D eigenvalue weighted by Crippen LogP contribution is 2.16. The number of esters is 1. The van der Waals surface area contributed by atoms with Crippen LogP contribution >= 0.6 is 11.3 Å². The number of aromatic nitrogens is 3. The Morgan fingerprint density at radius 3 is 3.00 bits per heavy atom. The summed E-state index contributed by atoms with van der Waals surface area (Å²) >= 11 is 1.26. The molecule has 8 heteroatoms. The van der Waals surface area contributed by atoms with Crippen LogP contribution in [0.25, 0.3) is 6.08 Å². The zero-order chi connectivity index (χ0) is 15.9. The molecule has 0 radical (unpaired) electrons. The number of amides is 1. The first-order valence-corrected chi connectivity index (χ1v) is 7.53. The quantitative estimate of drug-likeness (QED) is 0.646. The smallest absolute Gasteiger partial charge is 0.311 e. The average molecular weight is 320 g/mol. The highest BCUT2D eigenvalue weighted by atomic mass is 32.1. The van der Waals surface area contributed by atoms with Crippen molar-refractivity contribution in [2.45, 2.75) is 13.3 Å². The Kier molecular flexibility index (Phi) is 5.42. The number of thiazole rings is 1. The van der Waals surface area contributed by atoms with E-state index in [0.717, 1.165) is 5.69 Å². The lowest BCUT2D eigenvalue weighted by molar-refractivity contribution is -0.142. The van der Waals surface area contributed by atoms with E-state index >= 15 is 0 Å². The van der Waals surface area contributed by atoms with Gasteiger partial charge in [-0.1, -0.05) is 0 Å². The summed E-state index contributed by atoms with van der Waals surface area (Å²) in [6.45, 7) is 2.09. The van der Waals surface area contributed by atoms with Crippen LogP contribution in [0.5, 0.6) is 0 Å². The van der Waals surface area contributed by atoms with Gasteiger partial charge < -0.3 is 4.74 Å². The van der Waals surface area contributed by atoms with E-state index in [1.165, 1.54) is 17.4 Å². The predicted molar refractivity (Wildman–Crippen MR) is 83.3 cm³/mol. The molecule has 116 valence electrons. The Bertz CT molecular complexity index is 690. The maximum Gasteiger partial charge on any atom is 0.311 e. The summed E-state index contributed by atoms with van der Waals surface area (Å²) < 4.78 is 6.50. The summed E-state index contributed by atoms with van der Waals surface area (Å²) in [5.41, 5.74) is 1.40. The number of carbonyl (C=O) groups excluding carboxylic acids is 2. The highest BCUT2D eigenvalue weighted by molar-refractivity contribution is 7.14. The van der Waals surface area contributed by atoms with Crippen molar-refractivity contribution in [3.05, 3.63) is 35.1 Å². The van der Waals surface area contributed by atoms with Crippen LogP contribution in [0.4, 0.5) is 5.13 Å². The molecular formula is C14H16N4O3S. The summed E-state index contributed by atoms with van der Waals surface area (Å²) in [6, 6.07) is 1.80. The molecule has 2 aromatic heterocycles. The van der Waals surface area contributed by atoms with Gasteiger partial charge in [-0.25, -0.2) is 4.98 Å². The molecule has 1 N–H and O–H groups in total. The van der Waals surface area contributed by atoms with Crippen molar-refractivity contribution in [3.63, 3.8) is 0 Å². The monoisotopic (exact) mass is 320 g/mol. The maximum absolute atomic E-state index is 11.8. The van der Waals surface area contributed by atoms with E-state index in [2.05, 4.69) is 15.4 Å². The van der Waals surface area contributed by atoms with Crippen molar-refractivity contribution in [2.75, 3.05) is 11.9 Å². The fraction of sp³-hybridized carbons (Fsp3) is 0.286. The van der Waals surface area contributed by atoms with Crippen molar-refractivity contribution in [1.29, 1.82) is 0 Å². The lowest BCUT2D eigenvalue weighted by Gasteiger charge is -1.98. The third kappa shape index (κ3) is 4.52. The molecule has 0 aliphatic rings.